The van der Waals surface area contributed by atoms with Gasteiger partial charge >= 0.3 is 0 Å². The molecule has 0 aromatic carbocycles. The summed E-state index contributed by atoms with van der Waals surface area (Å²) in [6.45, 7) is 10.1. The number of nitrogens with one attached hydrogen (secondary N) is 1. The van der Waals surface area contributed by atoms with E-state index in [4.69, 9.17) is 4.74 Å². The molecule has 2 rings (SSSR count). The number of rotatable bonds is 6. The number of piperidine rings is 1. The number of aromatic nitrogens is 2. The molecule has 1 saturated heterocycles. The number of aryl methyl sites for hydroxylation is 1. The minimum Gasteiger partial charge on any atom is -0.377 e. The SMILES string of the molecule is CCCNc1cc(C)nc(CN2CCCC(C)(OC)C2)n1. The van der Waals surface area contributed by atoms with Crippen LogP contribution in [0, 0.1) is 6.92 Å². The zero-order valence-electron chi connectivity index (χ0n) is 13.8. The molecule has 0 radical (unpaired) electrons. The smallest absolute Gasteiger partial charge is 0.144 e. The summed E-state index contributed by atoms with van der Waals surface area (Å²) in [7, 11) is 1.80. The predicted octanol–water partition coefficient (Wildman–Crippen LogP) is 2.61. The van der Waals surface area contributed by atoms with Crippen molar-refractivity contribution in [1.29, 1.82) is 0 Å². The molecule has 1 fully saturated rings. The molecule has 1 aromatic rings. The van der Waals surface area contributed by atoms with Gasteiger partial charge in [-0.1, -0.05) is 6.92 Å². The Labute approximate surface area is 128 Å². The Kier molecular flexibility index (Phi) is 5.53. The summed E-state index contributed by atoms with van der Waals surface area (Å²) in [4.78, 5) is 11.6. The number of nitrogens with zero attached hydrogens (tertiary/aromatic N) is 3. The monoisotopic (exact) mass is 292 g/mol. The van der Waals surface area contributed by atoms with Crippen molar-refractivity contribution in [3.8, 4) is 0 Å². The van der Waals surface area contributed by atoms with Gasteiger partial charge in [0.2, 0.25) is 0 Å². The lowest BCUT2D eigenvalue weighted by Crippen LogP contribution is -2.47. The van der Waals surface area contributed by atoms with Crippen LogP contribution in [0.4, 0.5) is 5.82 Å². The Morgan fingerprint density at radius 1 is 1.43 bits per heavy atom. The number of anilines is 1. The Bertz CT molecular complexity index is 466. The number of ether oxygens (including phenoxy) is 1. The molecule has 0 saturated carbocycles. The number of hydrogen-bond donors (Lipinski definition) is 1. The highest BCUT2D eigenvalue weighted by molar-refractivity contribution is 5.35. The molecule has 1 aromatic heterocycles. The van der Waals surface area contributed by atoms with Gasteiger partial charge < -0.3 is 10.1 Å². The van der Waals surface area contributed by atoms with Crippen LogP contribution in [0.5, 0.6) is 0 Å². The highest BCUT2D eigenvalue weighted by Gasteiger charge is 2.30. The maximum atomic E-state index is 5.65. The first-order valence-corrected chi connectivity index (χ1v) is 7.90. The van der Waals surface area contributed by atoms with Crippen molar-refractivity contribution in [2.24, 2.45) is 0 Å². The van der Waals surface area contributed by atoms with E-state index in [0.29, 0.717) is 0 Å². The zero-order valence-corrected chi connectivity index (χ0v) is 13.8. The van der Waals surface area contributed by atoms with Gasteiger partial charge in [0.1, 0.15) is 11.6 Å². The van der Waals surface area contributed by atoms with Crippen molar-refractivity contribution in [1.82, 2.24) is 14.9 Å². The van der Waals surface area contributed by atoms with Crippen LogP contribution in [-0.2, 0) is 11.3 Å². The van der Waals surface area contributed by atoms with Crippen LogP contribution in [0.2, 0.25) is 0 Å². The molecule has 1 unspecified atom stereocenters. The lowest BCUT2D eigenvalue weighted by atomic mass is 9.95. The first-order chi connectivity index (χ1) is 10.0. The Morgan fingerprint density at radius 2 is 2.24 bits per heavy atom. The highest BCUT2D eigenvalue weighted by atomic mass is 16.5. The molecule has 0 spiro atoms. The predicted molar refractivity (Wildman–Crippen MR) is 85.5 cm³/mol. The van der Waals surface area contributed by atoms with E-state index in [1.54, 1.807) is 7.11 Å². The van der Waals surface area contributed by atoms with Crippen LogP contribution in [-0.4, -0.2) is 47.2 Å². The van der Waals surface area contributed by atoms with Gasteiger partial charge in [0, 0.05) is 32.0 Å². The van der Waals surface area contributed by atoms with E-state index in [2.05, 4.69) is 34.0 Å². The molecule has 0 aliphatic carbocycles. The summed E-state index contributed by atoms with van der Waals surface area (Å²) in [6.07, 6.45) is 3.38. The van der Waals surface area contributed by atoms with Gasteiger partial charge in [-0.25, -0.2) is 9.97 Å². The fourth-order valence-electron chi connectivity index (χ4n) is 2.85. The van der Waals surface area contributed by atoms with Gasteiger partial charge in [0.25, 0.3) is 0 Å². The van der Waals surface area contributed by atoms with Crippen molar-refractivity contribution in [2.45, 2.75) is 52.2 Å². The molecule has 1 aliphatic heterocycles. The molecule has 0 amide bonds. The van der Waals surface area contributed by atoms with Crippen LogP contribution in [0.25, 0.3) is 0 Å². The van der Waals surface area contributed by atoms with Gasteiger partial charge in [0.05, 0.1) is 12.1 Å². The molecule has 5 nitrogen and oxygen atoms in total. The van der Waals surface area contributed by atoms with Crippen molar-refractivity contribution >= 4 is 5.82 Å². The third-order valence-corrected chi connectivity index (χ3v) is 4.05. The number of likely N-dealkylation sites (tertiary alicyclic amines) is 1. The van der Waals surface area contributed by atoms with Crippen molar-refractivity contribution in [3.05, 3.63) is 17.6 Å². The van der Waals surface area contributed by atoms with E-state index in [9.17, 15) is 0 Å². The first kappa shape index (κ1) is 16.2. The lowest BCUT2D eigenvalue weighted by molar-refractivity contribution is -0.0532. The maximum Gasteiger partial charge on any atom is 0.144 e. The average molecular weight is 292 g/mol. The van der Waals surface area contributed by atoms with Crippen molar-refractivity contribution in [3.63, 3.8) is 0 Å². The summed E-state index contributed by atoms with van der Waals surface area (Å²) < 4.78 is 5.65. The van der Waals surface area contributed by atoms with Gasteiger partial charge in [-0.3, -0.25) is 4.90 Å². The number of methoxy groups -OCH3 is 1. The molecule has 118 valence electrons. The fourth-order valence-corrected chi connectivity index (χ4v) is 2.85. The molecule has 5 heteroatoms. The minimum atomic E-state index is -0.0363. The second-order valence-electron chi connectivity index (χ2n) is 6.21. The van der Waals surface area contributed by atoms with Crippen molar-refractivity contribution in [2.75, 3.05) is 32.1 Å². The Balaban J connectivity index is 2.03. The standard InChI is InChI=1S/C16H28N4O/c1-5-8-17-14-10-13(2)18-15(19-14)11-20-9-6-7-16(3,12-20)21-4/h10H,5-9,11-12H2,1-4H3,(H,17,18,19). The second-order valence-corrected chi connectivity index (χ2v) is 6.21. The van der Waals surface area contributed by atoms with Crippen LogP contribution in [0.1, 0.15) is 44.6 Å². The molecule has 1 N–H and O–H groups in total. The molecule has 21 heavy (non-hydrogen) atoms. The van der Waals surface area contributed by atoms with Gasteiger partial charge in [-0.2, -0.15) is 0 Å². The summed E-state index contributed by atoms with van der Waals surface area (Å²) >= 11 is 0. The lowest BCUT2D eigenvalue weighted by Gasteiger charge is -2.39. The minimum absolute atomic E-state index is 0.0363. The molecule has 1 aliphatic rings. The van der Waals surface area contributed by atoms with Crippen LogP contribution < -0.4 is 5.32 Å². The second kappa shape index (κ2) is 7.18. The molecule has 2 heterocycles. The van der Waals surface area contributed by atoms with Gasteiger partial charge in [0.15, 0.2) is 0 Å². The average Bonchev–Trinajstić information content (AvgIpc) is 2.44. The van der Waals surface area contributed by atoms with E-state index >= 15 is 0 Å². The highest BCUT2D eigenvalue weighted by Crippen LogP contribution is 2.24. The van der Waals surface area contributed by atoms with Crippen LogP contribution in [0.15, 0.2) is 6.07 Å². The van der Waals surface area contributed by atoms with Crippen LogP contribution >= 0.6 is 0 Å². The topological polar surface area (TPSA) is 50.3 Å². The van der Waals surface area contributed by atoms with E-state index in [-0.39, 0.29) is 5.60 Å². The number of hydrogen-bond acceptors (Lipinski definition) is 5. The third-order valence-electron chi connectivity index (χ3n) is 4.05. The summed E-state index contributed by atoms with van der Waals surface area (Å²) in [6, 6.07) is 2.01. The summed E-state index contributed by atoms with van der Waals surface area (Å²) in [5.74, 6) is 1.83. The van der Waals surface area contributed by atoms with E-state index in [0.717, 1.165) is 62.8 Å². The third kappa shape index (κ3) is 4.64. The summed E-state index contributed by atoms with van der Waals surface area (Å²) in [5.41, 5.74) is 0.982. The van der Waals surface area contributed by atoms with Crippen molar-refractivity contribution < 1.29 is 4.74 Å². The first-order valence-electron chi connectivity index (χ1n) is 7.90. The quantitative estimate of drug-likeness (QED) is 0.873. The zero-order chi connectivity index (χ0) is 15.3. The van der Waals surface area contributed by atoms with E-state index in [1.165, 1.54) is 0 Å². The summed E-state index contributed by atoms with van der Waals surface area (Å²) in [5, 5.41) is 3.35. The Morgan fingerprint density at radius 3 is 2.95 bits per heavy atom. The molecule has 1 atom stereocenters. The molecular formula is C16H28N4O. The van der Waals surface area contributed by atoms with Crippen LogP contribution in [0.3, 0.4) is 0 Å². The van der Waals surface area contributed by atoms with E-state index < -0.39 is 0 Å². The maximum absolute atomic E-state index is 5.65. The Hall–Kier alpha value is -1.20. The molecule has 0 bridgehead atoms. The van der Waals surface area contributed by atoms with Gasteiger partial charge in [-0.05, 0) is 39.7 Å². The molecular weight excluding hydrogens is 264 g/mol. The van der Waals surface area contributed by atoms with E-state index in [1.807, 2.05) is 13.0 Å². The fraction of sp³-hybridized carbons (Fsp3) is 0.750. The van der Waals surface area contributed by atoms with Gasteiger partial charge in [-0.15, -0.1) is 0 Å². The normalized spacial score (nSPS) is 23.2. The largest absolute Gasteiger partial charge is 0.377 e.